The second kappa shape index (κ2) is 3.35. The minimum Gasteiger partial charge on any atom is -0.298 e. The molecule has 0 aliphatic carbocycles. The first kappa shape index (κ1) is 9.38. The molecule has 0 heterocycles. The Balaban J connectivity index is 3.47. The van der Waals surface area contributed by atoms with Crippen LogP contribution in [0.15, 0.2) is 12.1 Å². The van der Waals surface area contributed by atoms with E-state index in [0.717, 1.165) is 0 Å². The lowest BCUT2D eigenvalue weighted by atomic mass is 10.0. The number of carbonyl (C=O) groups is 1. The van der Waals surface area contributed by atoms with Crippen molar-refractivity contribution >= 4 is 12.0 Å². The Morgan fingerprint density at radius 3 is 2.46 bits per heavy atom. The molecule has 1 rings (SSSR count). The summed E-state index contributed by atoms with van der Waals surface area (Å²) in [5.41, 5.74) is 1.41. The van der Waals surface area contributed by atoms with Crippen LogP contribution in [0.25, 0.3) is 0 Å². The van der Waals surface area contributed by atoms with Gasteiger partial charge in [-0.25, -0.2) is 0 Å². The van der Waals surface area contributed by atoms with E-state index in [1.807, 2.05) is 0 Å². The first-order chi connectivity index (χ1) is 6.07. The summed E-state index contributed by atoms with van der Waals surface area (Å²) in [4.78, 5) is 20.6. The van der Waals surface area contributed by atoms with Crippen LogP contribution in [0.5, 0.6) is 0 Å². The molecule has 0 saturated heterocycles. The van der Waals surface area contributed by atoms with Gasteiger partial charge in [-0.05, 0) is 13.8 Å². The Hall–Kier alpha value is -1.71. The molecule has 0 spiro atoms. The molecule has 0 aliphatic heterocycles. The molecular weight excluding hydrogens is 170 g/mol. The number of benzene rings is 1. The molecule has 0 saturated carbocycles. The van der Waals surface area contributed by atoms with Crippen molar-refractivity contribution in [2.45, 2.75) is 13.8 Å². The van der Waals surface area contributed by atoms with Crippen molar-refractivity contribution < 1.29 is 9.72 Å². The fourth-order valence-corrected chi connectivity index (χ4v) is 1.26. The Morgan fingerprint density at radius 2 is 2.00 bits per heavy atom. The van der Waals surface area contributed by atoms with Crippen molar-refractivity contribution in [3.05, 3.63) is 38.9 Å². The monoisotopic (exact) mass is 179 g/mol. The summed E-state index contributed by atoms with van der Waals surface area (Å²) < 4.78 is 0. The number of rotatable bonds is 2. The maximum atomic E-state index is 10.6. The van der Waals surface area contributed by atoms with E-state index in [1.54, 1.807) is 26.0 Å². The fraction of sp³-hybridized carbons (Fsp3) is 0.222. The molecule has 0 N–H and O–H groups in total. The molecule has 0 amide bonds. The third kappa shape index (κ3) is 1.56. The van der Waals surface area contributed by atoms with Gasteiger partial charge in [0.2, 0.25) is 0 Å². The van der Waals surface area contributed by atoms with Crippen LogP contribution in [0, 0.1) is 24.0 Å². The Morgan fingerprint density at radius 1 is 1.38 bits per heavy atom. The van der Waals surface area contributed by atoms with Crippen LogP contribution in [0.1, 0.15) is 21.5 Å². The molecule has 0 bridgehead atoms. The molecule has 0 unspecified atom stereocenters. The van der Waals surface area contributed by atoms with Crippen LogP contribution in [-0.2, 0) is 0 Å². The fourth-order valence-electron chi connectivity index (χ4n) is 1.26. The standard InChI is InChI=1S/C9H9NO3/c1-6-3-4-8(5-11)7(2)9(6)10(12)13/h3-5H,1-2H3. The third-order valence-electron chi connectivity index (χ3n) is 1.98. The Bertz CT molecular complexity index is 371. The quantitative estimate of drug-likeness (QED) is 0.396. The summed E-state index contributed by atoms with van der Waals surface area (Å²) >= 11 is 0. The van der Waals surface area contributed by atoms with Crippen molar-refractivity contribution in [2.24, 2.45) is 0 Å². The van der Waals surface area contributed by atoms with Gasteiger partial charge < -0.3 is 0 Å². The Labute approximate surface area is 75.3 Å². The van der Waals surface area contributed by atoms with E-state index in [4.69, 9.17) is 0 Å². The van der Waals surface area contributed by atoms with Gasteiger partial charge in [0.15, 0.2) is 6.29 Å². The summed E-state index contributed by atoms with van der Waals surface area (Å²) in [7, 11) is 0. The van der Waals surface area contributed by atoms with E-state index in [1.165, 1.54) is 0 Å². The van der Waals surface area contributed by atoms with E-state index in [2.05, 4.69) is 0 Å². The molecule has 68 valence electrons. The molecule has 13 heavy (non-hydrogen) atoms. The third-order valence-corrected chi connectivity index (χ3v) is 1.98. The molecule has 4 nitrogen and oxygen atoms in total. The van der Waals surface area contributed by atoms with Gasteiger partial charge >= 0.3 is 0 Å². The van der Waals surface area contributed by atoms with Crippen LogP contribution in [0.2, 0.25) is 0 Å². The number of aryl methyl sites for hydroxylation is 1. The summed E-state index contributed by atoms with van der Waals surface area (Å²) in [6.45, 7) is 3.23. The molecule has 1 aromatic carbocycles. The summed E-state index contributed by atoms with van der Waals surface area (Å²) in [6, 6.07) is 3.17. The van der Waals surface area contributed by atoms with Gasteiger partial charge in [-0.1, -0.05) is 12.1 Å². The average molecular weight is 179 g/mol. The van der Waals surface area contributed by atoms with Crippen LogP contribution in [0.4, 0.5) is 5.69 Å². The SMILES string of the molecule is Cc1ccc(C=O)c(C)c1[N+](=O)[O-]. The lowest BCUT2D eigenvalue weighted by Gasteiger charge is -2.02. The first-order valence-corrected chi connectivity index (χ1v) is 3.77. The lowest BCUT2D eigenvalue weighted by Crippen LogP contribution is -1.98. The Kier molecular flexibility index (Phi) is 2.41. The number of aldehydes is 1. The van der Waals surface area contributed by atoms with Crippen LogP contribution < -0.4 is 0 Å². The van der Waals surface area contributed by atoms with Crippen molar-refractivity contribution in [3.63, 3.8) is 0 Å². The van der Waals surface area contributed by atoms with Crippen molar-refractivity contribution in [1.29, 1.82) is 0 Å². The van der Waals surface area contributed by atoms with Crippen LogP contribution in [-0.4, -0.2) is 11.2 Å². The molecule has 0 radical (unpaired) electrons. The lowest BCUT2D eigenvalue weighted by molar-refractivity contribution is -0.386. The van der Waals surface area contributed by atoms with E-state index >= 15 is 0 Å². The second-order valence-corrected chi connectivity index (χ2v) is 2.82. The van der Waals surface area contributed by atoms with Gasteiger partial charge in [-0.2, -0.15) is 0 Å². The number of nitro groups is 1. The molecule has 0 aliphatic rings. The number of hydrogen-bond acceptors (Lipinski definition) is 3. The normalized spacial score (nSPS) is 9.69. The van der Waals surface area contributed by atoms with E-state index in [-0.39, 0.29) is 5.69 Å². The van der Waals surface area contributed by atoms with Crippen molar-refractivity contribution in [2.75, 3.05) is 0 Å². The average Bonchev–Trinajstić information content (AvgIpc) is 2.04. The predicted molar refractivity (Wildman–Crippen MR) is 48.0 cm³/mol. The highest BCUT2D eigenvalue weighted by molar-refractivity contribution is 5.79. The molecular formula is C9H9NO3. The molecule has 0 atom stereocenters. The maximum Gasteiger partial charge on any atom is 0.275 e. The van der Waals surface area contributed by atoms with Crippen molar-refractivity contribution in [3.8, 4) is 0 Å². The van der Waals surface area contributed by atoms with Crippen LogP contribution in [0.3, 0.4) is 0 Å². The number of nitro benzene ring substituents is 1. The van der Waals surface area contributed by atoms with Crippen molar-refractivity contribution in [1.82, 2.24) is 0 Å². The molecule has 0 aromatic heterocycles. The minimum atomic E-state index is -0.461. The highest BCUT2D eigenvalue weighted by Gasteiger charge is 2.16. The summed E-state index contributed by atoms with van der Waals surface area (Å²) in [6.07, 6.45) is 0.627. The number of nitrogens with zero attached hydrogens (tertiary/aromatic N) is 1. The summed E-state index contributed by atoms with van der Waals surface area (Å²) in [5.74, 6) is 0. The topological polar surface area (TPSA) is 60.2 Å². The first-order valence-electron chi connectivity index (χ1n) is 3.77. The zero-order chi connectivity index (χ0) is 10.0. The van der Waals surface area contributed by atoms with E-state index in [9.17, 15) is 14.9 Å². The van der Waals surface area contributed by atoms with E-state index < -0.39 is 4.92 Å². The smallest absolute Gasteiger partial charge is 0.275 e. The molecule has 1 aromatic rings. The maximum absolute atomic E-state index is 10.6. The highest BCUT2D eigenvalue weighted by atomic mass is 16.6. The number of hydrogen-bond donors (Lipinski definition) is 0. The predicted octanol–water partition coefficient (Wildman–Crippen LogP) is 2.02. The van der Waals surface area contributed by atoms with Gasteiger partial charge in [0.1, 0.15) is 0 Å². The van der Waals surface area contributed by atoms with Gasteiger partial charge in [0.05, 0.1) is 4.92 Å². The van der Waals surface area contributed by atoms with Gasteiger partial charge in [0, 0.05) is 16.7 Å². The zero-order valence-corrected chi connectivity index (χ0v) is 7.40. The second-order valence-electron chi connectivity index (χ2n) is 2.82. The molecule has 0 fully saturated rings. The van der Waals surface area contributed by atoms with Gasteiger partial charge in [0.25, 0.3) is 5.69 Å². The largest absolute Gasteiger partial charge is 0.298 e. The van der Waals surface area contributed by atoms with Gasteiger partial charge in [-0.15, -0.1) is 0 Å². The zero-order valence-electron chi connectivity index (χ0n) is 7.40. The number of carbonyl (C=O) groups excluding carboxylic acids is 1. The van der Waals surface area contributed by atoms with Crippen LogP contribution >= 0.6 is 0 Å². The van der Waals surface area contributed by atoms with Gasteiger partial charge in [-0.3, -0.25) is 14.9 Å². The molecule has 4 heteroatoms. The van der Waals surface area contributed by atoms with E-state index in [0.29, 0.717) is 23.0 Å². The highest BCUT2D eigenvalue weighted by Crippen LogP contribution is 2.24. The summed E-state index contributed by atoms with van der Waals surface area (Å²) in [5, 5.41) is 10.6. The minimum absolute atomic E-state index is 0.0320.